The lowest BCUT2D eigenvalue weighted by Crippen LogP contribution is -2.47. The Morgan fingerprint density at radius 2 is 1.84 bits per heavy atom. The normalized spacial score (nSPS) is 20.6. The predicted octanol–water partition coefficient (Wildman–Crippen LogP) is 3.44. The molecule has 1 unspecified atom stereocenters. The summed E-state index contributed by atoms with van der Waals surface area (Å²) < 4.78 is 0. The molecular formula is C25H31N3O3. The topological polar surface area (TPSA) is 72.9 Å². The summed E-state index contributed by atoms with van der Waals surface area (Å²) in [6, 6.07) is 13.7. The van der Waals surface area contributed by atoms with Gasteiger partial charge in [-0.3, -0.25) is 4.79 Å². The molecule has 1 atom stereocenters. The Labute approximate surface area is 183 Å². The van der Waals surface area contributed by atoms with Crippen LogP contribution in [0.1, 0.15) is 46.9 Å². The fourth-order valence-corrected chi connectivity index (χ4v) is 4.72. The first-order chi connectivity index (χ1) is 14.7. The van der Waals surface area contributed by atoms with Crippen LogP contribution in [0, 0.1) is 5.41 Å². The highest BCUT2D eigenvalue weighted by Crippen LogP contribution is 2.45. The first kappa shape index (κ1) is 21.4. The minimum atomic E-state index is -0.902. The third-order valence-corrected chi connectivity index (χ3v) is 6.58. The van der Waals surface area contributed by atoms with E-state index < -0.39 is 5.97 Å². The Kier molecular flexibility index (Phi) is 5.75. The van der Waals surface area contributed by atoms with E-state index >= 15 is 0 Å². The zero-order valence-corrected chi connectivity index (χ0v) is 18.5. The molecule has 2 aromatic rings. The molecule has 31 heavy (non-hydrogen) atoms. The van der Waals surface area contributed by atoms with E-state index in [0.29, 0.717) is 12.0 Å². The Hall–Kier alpha value is -2.86. The highest BCUT2D eigenvalue weighted by atomic mass is 16.4. The molecule has 164 valence electrons. The number of nitrogens with one attached hydrogen (secondary N) is 1. The summed E-state index contributed by atoms with van der Waals surface area (Å²) in [5.41, 5.74) is 4.41. The van der Waals surface area contributed by atoms with Gasteiger partial charge in [0.2, 0.25) is 5.91 Å². The lowest BCUT2D eigenvalue weighted by atomic mass is 9.72. The SMILES string of the molecule is CN1CCN(C(=O)Cc2cccc(C3Nc4ccc(C(=O)O)cc4CC3(C)C)c2)CC1. The van der Waals surface area contributed by atoms with Crippen molar-refractivity contribution in [1.29, 1.82) is 0 Å². The smallest absolute Gasteiger partial charge is 0.335 e. The minimum absolute atomic E-state index is 0.0781. The van der Waals surface area contributed by atoms with Gasteiger partial charge >= 0.3 is 5.97 Å². The zero-order chi connectivity index (χ0) is 22.2. The van der Waals surface area contributed by atoms with Crippen molar-refractivity contribution in [3.8, 4) is 0 Å². The van der Waals surface area contributed by atoms with Gasteiger partial charge in [0.1, 0.15) is 0 Å². The Morgan fingerprint density at radius 1 is 1.10 bits per heavy atom. The van der Waals surface area contributed by atoms with Crippen molar-refractivity contribution in [2.45, 2.75) is 32.7 Å². The molecule has 2 aliphatic heterocycles. The van der Waals surface area contributed by atoms with Crippen LogP contribution in [0.5, 0.6) is 0 Å². The number of carbonyl (C=O) groups is 2. The summed E-state index contributed by atoms with van der Waals surface area (Å²) in [5, 5.41) is 12.9. The first-order valence-corrected chi connectivity index (χ1v) is 10.9. The molecule has 4 rings (SSSR count). The largest absolute Gasteiger partial charge is 0.478 e. The number of benzene rings is 2. The highest BCUT2D eigenvalue weighted by molar-refractivity contribution is 5.88. The molecule has 1 fully saturated rings. The second kappa shape index (κ2) is 8.35. The lowest BCUT2D eigenvalue weighted by molar-refractivity contribution is -0.132. The molecule has 6 nitrogen and oxygen atoms in total. The second-order valence-corrected chi connectivity index (χ2v) is 9.53. The number of anilines is 1. The molecule has 0 aliphatic carbocycles. The van der Waals surface area contributed by atoms with Gasteiger partial charge in [-0.1, -0.05) is 38.1 Å². The van der Waals surface area contributed by atoms with Gasteiger partial charge in [-0.15, -0.1) is 0 Å². The number of amides is 1. The van der Waals surface area contributed by atoms with Crippen molar-refractivity contribution in [3.63, 3.8) is 0 Å². The quantitative estimate of drug-likeness (QED) is 0.791. The standard InChI is InChI=1S/C25H31N3O3/c1-25(2)16-20-15-19(24(30)31)7-8-21(20)26-23(25)18-6-4-5-17(13-18)14-22(29)28-11-9-27(3)10-12-28/h4-8,13,15,23,26H,9-12,14,16H2,1-3H3,(H,30,31). The Balaban J connectivity index is 1.53. The van der Waals surface area contributed by atoms with Gasteiger partial charge in [-0.05, 0) is 53.8 Å². The van der Waals surface area contributed by atoms with E-state index in [0.717, 1.165) is 55.0 Å². The fourth-order valence-electron chi connectivity index (χ4n) is 4.72. The van der Waals surface area contributed by atoms with E-state index in [1.54, 1.807) is 12.1 Å². The molecule has 0 saturated carbocycles. The summed E-state index contributed by atoms with van der Waals surface area (Å²) in [6.45, 7) is 7.83. The van der Waals surface area contributed by atoms with E-state index in [1.807, 2.05) is 23.1 Å². The van der Waals surface area contributed by atoms with Gasteiger partial charge in [0, 0.05) is 31.9 Å². The molecule has 0 bridgehead atoms. The Bertz CT molecular complexity index is 993. The summed E-state index contributed by atoms with van der Waals surface area (Å²) in [5.74, 6) is -0.715. The molecule has 1 saturated heterocycles. The summed E-state index contributed by atoms with van der Waals surface area (Å²) in [7, 11) is 2.09. The number of carboxylic acids is 1. The number of piperazine rings is 1. The number of aromatic carboxylic acids is 1. The molecular weight excluding hydrogens is 390 g/mol. The summed E-state index contributed by atoms with van der Waals surface area (Å²) >= 11 is 0. The van der Waals surface area contributed by atoms with E-state index in [4.69, 9.17) is 0 Å². The number of fused-ring (bicyclic) bond motifs is 1. The first-order valence-electron chi connectivity index (χ1n) is 10.9. The maximum atomic E-state index is 12.8. The molecule has 0 aromatic heterocycles. The third kappa shape index (κ3) is 4.59. The molecule has 2 aromatic carbocycles. The van der Waals surface area contributed by atoms with Crippen LogP contribution in [0.3, 0.4) is 0 Å². The average molecular weight is 422 g/mol. The minimum Gasteiger partial charge on any atom is -0.478 e. The highest BCUT2D eigenvalue weighted by Gasteiger charge is 2.36. The maximum Gasteiger partial charge on any atom is 0.335 e. The van der Waals surface area contributed by atoms with Crippen LogP contribution in [0.25, 0.3) is 0 Å². The number of rotatable bonds is 4. The van der Waals surface area contributed by atoms with Gasteiger partial charge in [0.05, 0.1) is 18.0 Å². The molecule has 2 heterocycles. The van der Waals surface area contributed by atoms with E-state index in [9.17, 15) is 14.7 Å². The van der Waals surface area contributed by atoms with Crippen LogP contribution in [0.15, 0.2) is 42.5 Å². The van der Waals surface area contributed by atoms with Gasteiger partial charge < -0.3 is 20.2 Å². The number of nitrogens with zero attached hydrogens (tertiary/aromatic N) is 2. The van der Waals surface area contributed by atoms with Gasteiger partial charge in [0.15, 0.2) is 0 Å². The monoisotopic (exact) mass is 421 g/mol. The van der Waals surface area contributed by atoms with Crippen LogP contribution in [-0.4, -0.2) is 60.0 Å². The molecule has 0 radical (unpaired) electrons. The van der Waals surface area contributed by atoms with Crippen molar-refractivity contribution < 1.29 is 14.7 Å². The van der Waals surface area contributed by atoms with Crippen LogP contribution in [0.4, 0.5) is 5.69 Å². The Morgan fingerprint density at radius 3 is 2.55 bits per heavy atom. The summed E-state index contributed by atoms with van der Waals surface area (Å²) in [4.78, 5) is 28.3. The molecule has 0 spiro atoms. The lowest BCUT2D eigenvalue weighted by Gasteiger charge is -2.41. The zero-order valence-electron chi connectivity index (χ0n) is 18.5. The molecule has 2 N–H and O–H groups in total. The van der Waals surface area contributed by atoms with Crippen molar-refractivity contribution in [2.24, 2.45) is 5.41 Å². The number of carboxylic acid groups (broad SMARTS) is 1. The van der Waals surface area contributed by atoms with Crippen molar-refractivity contribution in [3.05, 3.63) is 64.7 Å². The maximum absolute atomic E-state index is 12.8. The number of hydrogen-bond donors (Lipinski definition) is 2. The van der Waals surface area contributed by atoms with Crippen LogP contribution >= 0.6 is 0 Å². The molecule has 1 amide bonds. The van der Waals surface area contributed by atoms with Crippen LogP contribution in [0.2, 0.25) is 0 Å². The van der Waals surface area contributed by atoms with E-state index in [1.165, 1.54) is 0 Å². The van der Waals surface area contributed by atoms with Crippen LogP contribution < -0.4 is 5.32 Å². The average Bonchev–Trinajstić information content (AvgIpc) is 2.72. The van der Waals surface area contributed by atoms with Crippen LogP contribution in [-0.2, 0) is 17.6 Å². The number of likely N-dealkylation sites (N-methyl/N-ethyl adjacent to an activating group) is 1. The third-order valence-electron chi connectivity index (χ3n) is 6.58. The number of hydrogen-bond acceptors (Lipinski definition) is 4. The fraction of sp³-hybridized carbons (Fsp3) is 0.440. The van der Waals surface area contributed by atoms with Crippen molar-refractivity contribution in [1.82, 2.24) is 9.80 Å². The van der Waals surface area contributed by atoms with Gasteiger partial charge in [-0.25, -0.2) is 4.79 Å². The molecule has 2 aliphatic rings. The van der Waals surface area contributed by atoms with E-state index in [2.05, 4.69) is 43.2 Å². The molecule has 6 heteroatoms. The van der Waals surface area contributed by atoms with Crippen molar-refractivity contribution >= 4 is 17.6 Å². The predicted molar refractivity (Wildman–Crippen MR) is 121 cm³/mol. The number of carbonyl (C=O) groups excluding carboxylic acids is 1. The van der Waals surface area contributed by atoms with Gasteiger partial charge in [0.25, 0.3) is 0 Å². The summed E-state index contributed by atoms with van der Waals surface area (Å²) in [6.07, 6.45) is 1.20. The van der Waals surface area contributed by atoms with Gasteiger partial charge in [-0.2, -0.15) is 0 Å². The van der Waals surface area contributed by atoms with Crippen molar-refractivity contribution in [2.75, 3.05) is 38.5 Å². The van der Waals surface area contributed by atoms with E-state index in [-0.39, 0.29) is 17.4 Å². The second-order valence-electron chi connectivity index (χ2n) is 9.53.